The minimum atomic E-state index is -3.58. The maximum atomic E-state index is 14.8. The molecule has 11 nitrogen and oxygen atoms in total. The molecule has 4 aromatic rings. The lowest BCUT2D eigenvalue weighted by Crippen LogP contribution is -2.30. The number of sulfonamides is 1. The summed E-state index contributed by atoms with van der Waals surface area (Å²) in [6, 6.07) is 9.40. The summed E-state index contributed by atoms with van der Waals surface area (Å²) in [5.74, 6) is -3.70. The van der Waals surface area contributed by atoms with Gasteiger partial charge in [-0.05, 0) is 54.3 Å². The van der Waals surface area contributed by atoms with Gasteiger partial charge in [-0.3, -0.25) is 9.36 Å². The van der Waals surface area contributed by atoms with Crippen LogP contribution in [-0.4, -0.2) is 48.2 Å². The molecule has 3 heterocycles. The number of hydrogen-bond acceptors (Lipinski definition) is 8. The zero-order chi connectivity index (χ0) is 29.8. The Labute approximate surface area is 230 Å². The molecule has 2 aromatic heterocycles. The van der Waals surface area contributed by atoms with Gasteiger partial charge in [0.05, 0.1) is 16.0 Å². The van der Waals surface area contributed by atoms with Crippen LogP contribution < -0.4 is 26.9 Å². The second-order valence-corrected chi connectivity index (χ2v) is 11.3. The highest BCUT2D eigenvalue weighted by Crippen LogP contribution is 2.45. The van der Waals surface area contributed by atoms with Crippen molar-refractivity contribution in [3.8, 4) is 5.69 Å². The number of piperidine rings is 1. The molecular weight excluding hydrogens is 565 g/mol. The number of carbonyl (C=O) groups is 1. The van der Waals surface area contributed by atoms with Crippen molar-refractivity contribution < 1.29 is 31.5 Å². The Bertz CT molecular complexity index is 1850. The highest BCUT2D eigenvalue weighted by atomic mass is 32.2. The van der Waals surface area contributed by atoms with Crippen molar-refractivity contribution in [3.63, 3.8) is 0 Å². The molecule has 0 unspecified atom stereocenters. The molecule has 6 rings (SSSR count). The van der Waals surface area contributed by atoms with E-state index in [1.165, 1.54) is 24.3 Å². The fourth-order valence-electron chi connectivity index (χ4n) is 4.85. The SMILES string of the molecule is N[C@@H]1[C@H]2CN(c3nc4c(cc3F)c(=O)c(C(=O)O)cn4-c3ccc(F)cc3F)C[C@@H]12.Nc1ccc(S(N)(=O)=O)cc1. The Morgan fingerprint density at radius 3 is 2.20 bits per heavy atom. The summed E-state index contributed by atoms with van der Waals surface area (Å²) in [7, 11) is -3.58. The lowest BCUT2D eigenvalue weighted by atomic mass is 10.1. The number of benzene rings is 2. The van der Waals surface area contributed by atoms with Gasteiger partial charge in [0.2, 0.25) is 15.5 Å². The number of nitrogens with zero attached hydrogens (tertiary/aromatic N) is 3. The molecule has 3 atom stereocenters. The summed E-state index contributed by atoms with van der Waals surface area (Å²) in [6.07, 6.45) is 0.912. The Balaban J connectivity index is 0.000000259. The molecule has 214 valence electrons. The zero-order valence-electron chi connectivity index (χ0n) is 21.0. The van der Waals surface area contributed by atoms with Crippen LogP contribution in [0, 0.1) is 29.3 Å². The normalized spacial score (nSPS) is 19.4. The third-order valence-electron chi connectivity index (χ3n) is 7.08. The van der Waals surface area contributed by atoms with E-state index in [1.807, 2.05) is 0 Å². The molecule has 2 fully saturated rings. The smallest absolute Gasteiger partial charge is 0.341 e. The van der Waals surface area contributed by atoms with Crippen molar-refractivity contribution in [2.45, 2.75) is 10.9 Å². The van der Waals surface area contributed by atoms with Crippen LogP contribution in [0.15, 0.2) is 64.4 Å². The summed E-state index contributed by atoms with van der Waals surface area (Å²) in [5.41, 5.74) is 9.79. The fraction of sp³-hybridized carbons (Fsp3) is 0.192. The van der Waals surface area contributed by atoms with Crippen LogP contribution >= 0.6 is 0 Å². The third kappa shape index (κ3) is 5.33. The Hall–Kier alpha value is -4.47. The van der Waals surface area contributed by atoms with Crippen molar-refractivity contribution in [3.05, 3.63) is 88.0 Å². The second kappa shape index (κ2) is 10.2. The number of nitrogen functional groups attached to an aromatic ring is 1. The third-order valence-corrected chi connectivity index (χ3v) is 8.01. The topological polar surface area (TPSA) is 188 Å². The van der Waals surface area contributed by atoms with Gasteiger partial charge in [-0.15, -0.1) is 0 Å². The summed E-state index contributed by atoms with van der Waals surface area (Å²) in [6.45, 7) is 1.01. The van der Waals surface area contributed by atoms with Crippen LogP contribution in [0.25, 0.3) is 16.7 Å². The van der Waals surface area contributed by atoms with E-state index < -0.39 is 44.4 Å². The van der Waals surface area contributed by atoms with Gasteiger partial charge in [0.25, 0.3) is 0 Å². The van der Waals surface area contributed by atoms with E-state index in [0.29, 0.717) is 24.8 Å². The number of hydrogen-bond donors (Lipinski definition) is 4. The zero-order valence-corrected chi connectivity index (χ0v) is 21.9. The Kier molecular flexibility index (Phi) is 6.97. The van der Waals surface area contributed by atoms with E-state index in [1.54, 1.807) is 4.90 Å². The van der Waals surface area contributed by atoms with Gasteiger partial charge in [-0.2, -0.15) is 0 Å². The van der Waals surface area contributed by atoms with Gasteiger partial charge in [0, 0.05) is 37.1 Å². The quantitative estimate of drug-likeness (QED) is 0.258. The van der Waals surface area contributed by atoms with Crippen molar-refractivity contribution in [2.24, 2.45) is 22.7 Å². The van der Waals surface area contributed by atoms with E-state index in [9.17, 15) is 36.3 Å². The number of fused-ring (bicyclic) bond motifs is 2. The number of halogens is 3. The molecule has 1 aliphatic heterocycles. The van der Waals surface area contributed by atoms with Gasteiger partial charge in [-0.25, -0.2) is 36.5 Å². The van der Waals surface area contributed by atoms with Gasteiger partial charge in [-0.1, -0.05) is 0 Å². The molecule has 7 N–H and O–H groups in total. The molecule has 1 saturated heterocycles. The number of aromatic carboxylic acids is 1. The van der Waals surface area contributed by atoms with Crippen molar-refractivity contribution >= 4 is 38.5 Å². The van der Waals surface area contributed by atoms with Crippen LogP contribution in [0.4, 0.5) is 24.7 Å². The average molecular weight is 589 g/mol. The second-order valence-electron chi connectivity index (χ2n) is 9.73. The van der Waals surface area contributed by atoms with Gasteiger partial charge >= 0.3 is 5.97 Å². The van der Waals surface area contributed by atoms with E-state index in [-0.39, 0.29) is 45.3 Å². The summed E-state index contributed by atoms with van der Waals surface area (Å²) >= 11 is 0. The molecule has 2 aromatic carbocycles. The average Bonchev–Trinajstić information content (AvgIpc) is 3.28. The van der Waals surface area contributed by atoms with Gasteiger partial charge in [0.1, 0.15) is 17.2 Å². The van der Waals surface area contributed by atoms with E-state index in [0.717, 1.165) is 29.0 Å². The first-order chi connectivity index (χ1) is 19.3. The fourth-order valence-corrected chi connectivity index (χ4v) is 5.37. The predicted octanol–water partition coefficient (Wildman–Crippen LogP) is 1.81. The van der Waals surface area contributed by atoms with Gasteiger partial charge in [0.15, 0.2) is 17.3 Å². The number of aromatic nitrogens is 2. The molecular formula is C26H23F3N6O5S. The first kappa shape index (κ1) is 28.1. The number of carboxylic acids is 1. The number of anilines is 2. The Morgan fingerprint density at radius 2 is 1.63 bits per heavy atom. The maximum Gasteiger partial charge on any atom is 0.341 e. The molecule has 0 radical (unpaired) electrons. The molecule has 1 saturated carbocycles. The van der Waals surface area contributed by atoms with Crippen LogP contribution in [0.2, 0.25) is 0 Å². The number of carboxylic acid groups (broad SMARTS) is 1. The number of pyridine rings is 2. The highest BCUT2D eigenvalue weighted by Gasteiger charge is 2.54. The molecule has 2 aliphatic rings. The van der Waals surface area contributed by atoms with Gasteiger partial charge < -0.3 is 21.5 Å². The van der Waals surface area contributed by atoms with Crippen molar-refractivity contribution in [1.29, 1.82) is 0 Å². The van der Waals surface area contributed by atoms with Crippen LogP contribution in [0.3, 0.4) is 0 Å². The molecule has 0 bridgehead atoms. The standard InChI is InChI=1S/C20H15F3N4O3.C6H8N2O2S/c21-8-1-2-15(13(22)3-8)27-7-12(20(29)30)17(28)9-4-14(23)19(25-18(9)27)26-5-10-11(6-26)16(10)24;7-5-1-3-6(4-2-5)11(8,9)10/h1-4,7,10-11,16H,5-6,24H2,(H,29,30);1-4H,7H2,(H2,8,9,10)/t10-,11+,16+;. The first-order valence-electron chi connectivity index (χ1n) is 12.1. The first-order valence-corrected chi connectivity index (χ1v) is 13.6. The Morgan fingerprint density at radius 1 is 1.00 bits per heavy atom. The minimum absolute atomic E-state index is 0.0272. The van der Waals surface area contributed by atoms with Crippen LogP contribution in [0.1, 0.15) is 10.4 Å². The minimum Gasteiger partial charge on any atom is -0.477 e. The molecule has 15 heteroatoms. The molecule has 0 spiro atoms. The number of primary sulfonamides is 1. The predicted molar refractivity (Wildman–Crippen MR) is 144 cm³/mol. The lowest BCUT2D eigenvalue weighted by Gasteiger charge is -2.22. The van der Waals surface area contributed by atoms with E-state index >= 15 is 0 Å². The largest absolute Gasteiger partial charge is 0.477 e. The summed E-state index contributed by atoms with van der Waals surface area (Å²) in [4.78, 5) is 30.2. The number of rotatable bonds is 4. The highest BCUT2D eigenvalue weighted by molar-refractivity contribution is 7.89. The van der Waals surface area contributed by atoms with Crippen molar-refractivity contribution in [1.82, 2.24) is 9.55 Å². The van der Waals surface area contributed by atoms with Crippen LogP contribution in [0.5, 0.6) is 0 Å². The van der Waals surface area contributed by atoms with Crippen molar-refractivity contribution in [2.75, 3.05) is 23.7 Å². The van der Waals surface area contributed by atoms with E-state index in [2.05, 4.69) is 4.98 Å². The maximum absolute atomic E-state index is 14.8. The molecule has 1 aliphatic carbocycles. The van der Waals surface area contributed by atoms with Crippen LogP contribution in [-0.2, 0) is 10.0 Å². The monoisotopic (exact) mass is 588 g/mol. The van der Waals surface area contributed by atoms with E-state index in [4.69, 9.17) is 16.6 Å². The number of nitrogens with two attached hydrogens (primary N) is 3. The molecule has 0 amide bonds. The summed E-state index contributed by atoms with van der Waals surface area (Å²) < 4.78 is 65.1. The summed E-state index contributed by atoms with van der Waals surface area (Å²) in [5, 5.41) is 13.9. The molecule has 41 heavy (non-hydrogen) atoms. The lowest BCUT2D eigenvalue weighted by molar-refractivity contribution is 0.0695.